The second-order valence-electron chi connectivity index (χ2n) is 17.0. The zero-order valence-corrected chi connectivity index (χ0v) is 31.6. The topological polar surface area (TPSA) is 26.3 Å². The largest absolute Gasteiger partial charge is 0.434 e. The van der Waals surface area contributed by atoms with Crippen molar-refractivity contribution in [2.24, 2.45) is 40.4 Å². The van der Waals surface area contributed by atoms with Gasteiger partial charge in [-0.2, -0.15) is 0 Å². The second-order valence-corrected chi connectivity index (χ2v) is 17.0. The number of hydrogen-bond donors (Lipinski definition) is 0. The zero-order chi connectivity index (χ0) is 33.5. The third-order valence-electron chi connectivity index (χ3n) is 13.9. The van der Waals surface area contributed by atoms with Crippen molar-refractivity contribution in [1.82, 2.24) is 0 Å². The lowest BCUT2D eigenvalue weighted by Crippen LogP contribution is -2.52. The van der Waals surface area contributed by atoms with Gasteiger partial charge in [0, 0.05) is 6.42 Å². The van der Waals surface area contributed by atoms with Crippen molar-refractivity contribution in [2.75, 3.05) is 0 Å². The highest BCUT2D eigenvalue weighted by Gasteiger charge is 2.59. The van der Waals surface area contributed by atoms with E-state index < -0.39 is 0 Å². The van der Waals surface area contributed by atoms with Crippen molar-refractivity contribution in [3.05, 3.63) is 47.8 Å². The number of rotatable bonds is 19. The summed E-state index contributed by atoms with van der Waals surface area (Å²) >= 11 is 0. The molecule has 2 nitrogen and oxygen atoms in total. The number of hydrogen-bond acceptors (Lipinski definition) is 2. The lowest BCUT2D eigenvalue weighted by molar-refractivity contribution is -0.138. The Kier molecular flexibility index (Phi) is 15.9. The lowest BCUT2D eigenvalue weighted by atomic mass is 9.44. The van der Waals surface area contributed by atoms with Crippen LogP contribution < -0.4 is 0 Å². The van der Waals surface area contributed by atoms with Crippen LogP contribution in [-0.2, 0) is 9.53 Å². The molecule has 7 atom stereocenters. The Balaban J connectivity index is 1.09. The van der Waals surface area contributed by atoms with Gasteiger partial charge in [0.1, 0.15) is 0 Å². The van der Waals surface area contributed by atoms with Gasteiger partial charge in [0.15, 0.2) is 0 Å². The minimum absolute atomic E-state index is 0.0984. The van der Waals surface area contributed by atoms with Crippen LogP contribution in [0.25, 0.3) is 0 Å². The Morgan fingerprint density at radius 2 is 1.40 bits per heavy atom. The minimum Gasteiger partial charge on any atom is -0.434 e. The first-order valence-electron chi connectivity index (χ1n) is 20.7. The van der Waals surface area contributed by atoms with Crippen LogP contribution in [0.1, 0.15) is 189 Å². The van der Waals surface area contributed by atoms with E-state index >= 15 is 0 Å². The van der Waals surface area contributed by atoms with Gasteiger partial charge in [-0.3, -0.25) is 4.79 Å². The van der Waals surface area contributed by atoms with E-state index in [1.165, 1.54) is 135 Å². The number of ether oxygens (including phenoxy) is 1. The Labute approximate surface area is 291 Å². The second kappa shape index (κ2) is 19.6. The van der Waals surface area contributed by atoms with Gasteiger partial charge in [0.25, 0.3) is 0 Å². The highest BCUT2D eigenvalue weighted by atomic mass is 16.5. The summed E-state index contributed by atoms with van der Waals surface area (Å²) in [7, 11) is 0. The normalized spacial score (nSPS) is 32.8. The molecular formula is C45H74O2. The maximum absolute atomic E-state index is 12.3. The quantitative estimate of drug-likeness (QED) is 0.0459. The molecule has 0 heterocycles. The van der Waals surface area contributed by atoms with Gasteiger partial charge >= 0.3 is 5.97 Å². The highest BCUT2D eigenvalue weighted by molar-refractivity contribution is 5.70. The molecule has 266 valence electrons. The molecule has 0 aliphatic heterocycles. The monoisotopic (exact) mass is 647 g/mol. The summed E-state index contributed by atoms with van der Waals surface area (Å²) in [6.45, 7) is 12.0. The minimum atomic E-state index is -0.0984. The molecule has 0 aromatic rings. The molecular weight excluding hydrogens is 572 g/mol. The molecule has 4 aliphatic carbocycles. The Morgan fingerprint density at radius 3 is 2.15 bits per heavy atom. The molecule has 4 fully saturated rings. The van der Waals surface area contributed by atoms with E-state index in [2.05, 4.69) is 58.1 Å². The van der Waals surface area contributed by atoms with Crippen LogP contribution in [0, 0.1) is 40.4 Å². The predicted octanol–water partition coefficient (Wildman–Crippen LogP) is 14.0. The van der Waals surface area contributed by atoms with Crippen LogP contribution in [0.4, 0.5) is 0 Å². The average Bonchev–Trinajstić information content (AvgIpc) is 3.42. The number of allylic oxidation sites excluding steroid dienone is 7. The van der Waals surface area contributed by atoms with E-state index in [9.17, 15) is 4.79 Å². The van der Waals surface area contributed by atoms with Gasteiger partial charge < -0.3 is 4.74 Å². The summed E-state index contributed by atoms with van der Waals surface area (Å²) in [5.41, 5.74) is 3.65. The van der Waals surface area contributed by atoms with Crippen LogP contribution in [0.3, 0.4) is 0 Å². The van der Waals surface area contributed by atoms with E-state index in [1.807, 2.05) is 6.92 Å². The number of esters is 1. The summed E-state index contributed by atoms with van der Waals surface area (Å²) in [4.78, 5) is 12.3. The molecule has 1 unspecified atom stereocenters. The standard InChI is InChI=1S/C45H74O2/c1-6-7-8-9-10-11-12-13-14-15-16-17-18-19-20-27-43(46)47-35-36(2)24-23-25-37(3)40-30-31-41-39-29-28-38-26-21-22-33-44(38,4)42(39)32-34-45(40,41)5/h13-14,23-25,35,38-42H,6-12,15-22,26-34H2,1-5H3/t38?,39-,40+,41-,42-,44-,45+/m0/s1. The highest BCUT2D eigenvalue weighted by Crippen LogP contribution is 2.68. The Morgan fingerprint density at radius 1 is 0.723 bits per heavy atom. The van der Waals surface area contributed by atoms with Gasteiger partial charge in [0.2, 0.25) is 0 Å². The predicted molar refractivity (Wildman–Crippen MR) is 202 cm³/mol. The number of fused-ring (bicyclic) bond motifs is 5. The van der Waals surface area contributed by atoms with Crippen molar-refractivity contribution >= 4 is 5.97 Å². The fourth-order valence-corrected chi connectivity index (χ4v) is 11.1. The zero-order valence-electron chi connectivity index (χ0n) is 31.6. The van der Waals surface area contributed by atoms with Crippen molar-refractivity contribution in [3.8, 4) is 0 Å². The first-order chi connectivity index (χ1) is 22.8. The van der Waals surface area contributed by atoms with Crippen LogP contribution in [-0.4, -0.2) is 5.97 Å². The Bertz CT molecular complexity index is 1060. The molecule has 0 saturated heterocycles. The average molecular weight is 647 g/mol. The summed E-state index contributed by atoms with van der Waals surface area (Å²) in [5, 5.41) is 0. The van der Waals surface area contributed by atoms with E-state index in [0.29, 0.717) is 23.2 Å². The van der Waals surface area contributed by atoms with Crippen molar-refractivity contribution in [1.29, 1.82) is 0 Å². The van der Waals surface area contributed by atoms with Gasteiger partial charge in [-0.25, -0.2) is 0 Å². The van der Waals surface area contributed by atoms with E-state index in [0.717, 1.165) is 42.1 Å². The summed E-state index contributed by atoms with van der Waals surface area (Å²) in [5.74, 6) is 4.49. The molecule has 4 saturated carbocycles. The third kappa shape index (κ3) is 10.7. The smallest absolute Gasteiger partial charge is 0.310 e. The first-order valence-corrected chi connectivity index (χ1v) is 20.7. The molecule has 4 rings (SSSR count). The Hall–Kier alpha value is -1.57. The summed E-state index contributed by atoms with van der Waals surface area (Å²) < 4.78 is 5.48. The van der Waals surface area contributed by atoms with Crippen LogP contribution >= 0.6 is 0 Å². The number of unbranched alkanes of at least 4 members (excludes halogenated alkanes) is 11. The van der Waals surface area contributed by atoms with Gasteiger partial charge in [0.05, 0.1) is 6.26 Å². The molecule has 0 N–H and O–H groups in total. The molecule has 2 heteroatoms. The van der Waals surface area contributed by atoms with Gasteiger partial charge in [-0.1, -0.05) is 121 Å². The van der Waals surface area contributed by atoms with Crippen LogP contribution in [0.5, 0.6) is 0 Å². The SMILES string of the molecule is CCCCCCCCC=CCCCCCCCC(=O)OC=C(C)C=CC=C(C)[C@H]1CC[C@H]2[C@@H]3CCC4CCCC[C@]4(C)[C@H]3CC[C@]12C. The molecule has 0 bridgehead atoms. The van der Waals surface area contributed by atoms with E-state index in [-0.39, 0.29) is 5.97 Å². The molecule has 4 aliphatic rings. The van der Waals surface area contributed by atoms with Crippen molar-refractivity contribution in [2.45, 2.75) is 189 Å². The summed E-state index contributed by atoms with van der Waals surface area (Å²) in [6.07, 6.45) is 44.7. The maximum atomic E-state index is 12.3. The number of carbonyl (C=O) groups is 1. The van der Waals surface area contributed by atoms with Crippen LogP contribution in [0.2, 0.25) is 0 Å². The molecule has 47 heavy (non-hydrogen) atoms. The van der Waals surface area contributed by atoms with E-state index in [1.54, 1.807) is 11.8 Å². The molecule has 0 amide bonds. The van der Waals surface area contributed by atoms with Gasteiger partial charge in [-0.15, -0.1) is 0 Å². The molecule has 0 aromatic carbocycles. The molecule has 0 aromatic heterocycles. The fraction of sp³-hybridized carbons (Fsp3) is 0.800. The fourth-order valence-electron chi connectivity index (χ4n) is 11.1. The first kappa shape index (κ1) is 38.2. The third-order valence-corrected chi connectivity index (χ3v) is 13.9. The number of carbonyl (C=O) groups excluding carboxylic acids is 1. The van der Waals surface area contributed by atoms with Crippen LogP contribution in [0.15, 0.2) is 47.8 Å². The van der Waals surface area contributed by atoms with Gasteiger partial charge in [-0.05, 0) is 143 Å². The lowest BCUT2D eigenvalue weighted by Gasteiger charge is -2.60. The summed E-state index contributed by atoms with van der Waals surface area (Å²) in [6, 6.07) is 0. The van der Waals surface area contributed by atoms with Crippen molar-refractivity contribution < 1.29 is 9.53 Å². The maximum Gasteiger partial charge on any atom is 0.310 e. The molecule has 0 spiro atoms. The van der Waals surface area contributed by atoms with E-state index in [4.69, 9.17) is 4.74 Å². The van der Waals surface area contributed by atoms with Crippen molar-refractivity contribution in [3.63, 3.8) is 0 Å². The molecule has 0 radical (unpaired) electrons.